The second kappa shape index (κ2) is 8.74. The van der Waals surface area contributed by atoms with Crippen LogP contribution in [0.15, 0.2) is 48.0 Å². The molecule has 8 nitrogen and oxygen atoms in total. The number of hydrogen-bond acceptors (Lipinski definition) is 7. The molecule has 35 heavy (non-hydrogen) atoms. The maximum absolute atomic E-state index is 12.0. The zero-order valence-electron chi connectivity index (χ0n) is 19.9. The molecule has 0 fully saturated rings. The number of fused-ring (bicyclic) bond motifs is 1. The first-order valence-electron chi connectivity index (χ1n) is 11.3. The number of H-pyrrole nitrogens is 1. The molecule has 9 heteroatoms. The fraction of sp³-hybridized carbons (Fsp3) is 0.269. The Hall–Kier alpha value is -3.85. The van der Waals surface area contributed by atoms with E-state index in [9.17, 15) is 9.90 Å². The van der Waals surface area contributed by atoms with E-state index in [0.29, 0.717) is 23.4 Å². The zero-order chi connectivity index (χ0) is 24.7. The maximum atomic E-state index is 12.0. The third kappa shape index (κ3) is 4.72. The standard InChI is InChI=1S/C26H26N4O4S/c1-14(2)10-18-22(15-7-8-19-20(12-15)34-26(3,4)33-19)29-25(28-18)30-23-17(24(31)32)11-16(13-27-23)21-6-5-9-35-21/h5-9,11-14H,10H2,1-4H3,(H,31,32)(H2,27,28,29,30). The molecule has 0 atom stereocenters. The molecule has 0 aliphatic carbocycles. The van der Waals surface area contributed by atoms with Gasteiger partial charge in [-0.3, -0.25) is 0 Å². The predicted molar refractivity (Wildman–Crippen MR) is 136 cm³/mol. The lowest BCUT2D eigenvalue weighted by Gasteiger charge is -2.16. The van der Waals surface area contributed by atoms with E-state index in [1.165, 1.54) is 11.3 Å². The van der Waals surface area contributed by atoms with Gasteiger partial charge in [0.15, 0.2) is 11.5 Å². The van der Waals surface area contributed by atoms with Gasteiger partial charge >= 0.3 is 5.97 Å². The number of rotatable bonds is 7. The van der Waals surface area contributed by atoms with Crippen LogP contribution in [0.4, 0.5) is 11.8 Å². The van der Waals surface area contributed by atoms with E-state index in [2.05, 4.69) is 29.1 Å². The van der Waals surface area contributed by atoms with Gasteiger partial charge in [-0.05, 0) is 48.1 Å². The molecule has 1 aromatic carbocycles. The zero-order valence-corrected chi connectivity index (χ0v) is 20.7. The third-order valence-electron chi connectivity index (χ3n) is 5.48. The maximum Gasteiger partial charge on any atom is 0.339 e. The molecular formula is C26H26N4O4S. The van der Waals surface area contributed by atoms with E-state index in [-0.39, 0.29) is 11.4 Å². The number of thiophene rings is 1. The minimum Gasteiger partial charge on any atom is -0.478 e. The van der Waals surface area contributed by atoms with Crippen molar-refractivity contribution in [1.82, 2.24) is 15.0 Å². The SMILES string of the molecule is CC(C)Cc1[nH]c(Nc2ncc(-c3cccs3)cc2C(=O)O)nc1-c1ccc2c(c1)OC(C)(C)O2. The third-order valence-corrected chi connectivity index (χ3v) is 6.40. The van der Waals surface area contributed by atoms with E-state index in [1.54, 1.807) is 12.3 Å². The van der Waals surface area contributed by atoms with Crippen LogP contribution in [-0.2, 0) is 6.42 Å². The average molecular weight is 491 g/mol. The number of nitrogens with one attached hydrogen (secondary N) is 2. The van der Waals surface area contributed by atoms with Crippen molar-refractivity contribution in [2.24, 2.45) is 5.92 Å². The highest BCUT2D eigenvalue weighted by atomic mass is 32.1. The van der Waals surface area contributed by atoms with Crippen LogP contribution in [0, 0.1) is 5.92 Å². The number of carbonyl (C=O) groups is 1. The van der Waals surface area contributed by atoms with E-state index >= 15 is 0 Å². The monoisotopic (exact) mass is 490 g/mol. The summed E-state index contributed by atoms with van der Waals surface area (Å²) in [4.78, 5) is 25.5. The number of aromatic amines is 1. The van der Waals surface area contributed by atoms with E-state index in [1.807, 2.05) is 49.6 Å². The number of pyridine rings is 1. The van der Waals surface area contributed by atoms with Gasteiger partial charge in [0.25, 0.3) is 0 Å². The van der Waals surface area contributed by atoms with Crippen LogP contribution in [0.3, 0.4) is 0 Å². The Kier molecular flexibility index (Phi) is 5.72. The van der Waals surface area contributed by atoms with Crippen molar-refractivity contribution in [2.75, 3.05) is 5.32 Å². The van der Waals surface area contributed by atoms with Crippen LogP contribution < -0.4 is 14.8 Å². The molecule has 1 aliphatic rings. The lowest BCUT2D eigenvalue weighted by atomic mass is 10.0. The fourth-order valence-corrected chi connectivity index (χ4v) is 4.76. The number of anilines is 2. The van der Waals surface area contributed by atoms with Gasteiger partial charge in [0, 0.05) is 41.7 Å². The smallest absolute Gasteiger partial charge is 0.339 e. The second-order valence-electron chi connectivity index (χ2n) is 9.30. The van der Waals surface area contributed by atoms with Gasteiger partial charge in [0.2, 0.25) is 11.7 Å². The first-order valence-corrected chi connectivity index (χ1v) is 12.2. The van der Waals surface area contributed by atoms with Crippen molar-refractivity contribution in [3.8, 4) is 33.2 Å². The highest BCUT2D eigenvalue weighted by Gasteiger charge is 2.32. The van der Waals surface area contributed by atoms with E-state index in [4.69, 9.17) is 14.5 Å². The van der Waals surface area contributed by atoms with Gasteiger partial charge < -0.3 is 24.9 Å². The van der Waals surface area contributed by atoms with Crippen LogP contribution in [0.5, 0.6) is 11.5 Å². The Bertz CT molecular complexity index is 1390. The number of carboxylic acid groups (broad SMARTS) is 1. The molecule has 4 aromatic rings. The van der Waals surface area contributed by atoms with Crippen molar-refractivity contribution >= 4 is 29.1 Å². The van der Waals surface area contributed by atoms with Gasteiger partial charge in [0.05, 0.1) is 5.69 Å². The molecule has 3 aromatic heterocycles. The van der Waals surface area contributed by atoms with E-state index in [0.717, 1.165) is 33.8 Å². The summed E-state index contributed by atoms with van der Waals surface area (Å²) < 4.78 is 11.7. The van der Waals surface area contributed by atoms with Crippen LogP contribution in [0.25, 0.3) is 21.7 Å². The molecule has 0 amide bonds. The van der Waals surface area contributed by atoms with E-state index < -0.39 is 11.8 Å². The van der Waals surface area contributed by atoms with Crippen LogP contribution in [0.1, 0.15) is 43.7 Å². The van der Waals surface area contributed by atoms with Crippen molar-refractivity contribution < 1.29 is 19.4 Å². The van der Waals surface area contributed by atoms with Crippen LogP contribution in [-0.4, -0.2) is 31.8 Å². The van der Waals surface area contributed by atoms with Crippen molar-refractivity contribution in [3.63, 3.8) is 0 Å². The number of imidazole rings is 1. The molecule has 3 N–H and O–H groups in total. The molecule has 180 valence electrons. The molecular weight excluding hydrogens is 464 g/mol. The average Bonchev–Trinajstić information content (AvgIpc) is 3.51. The molecule has 0 spiro atoms. The minimum absolute atomic E-state index is 0.0737. The Morgan fingerprint density at radius 1 is 1.17 bits per heavy atom. The number of benzene rings is 1. The predicted octanol–water partition coefficient (Wildman–Crippen LogP) is 6.35. The number of aromatic carboxylic acids is 1. The molecule has 0 radical (unpaired) electrons. The minimum atomic E-state index is -1.06. The summed E-state index contributed by atoms with van der Waals surface area (Å²) in [7, 11) is 0. The van der Waals surface area contributed by atoms with Crippen molar-refractivity contribution in [2.45, 2.75) is 39.9 Å². The molecule has 0 saturated carbocycles. The number of hydrogen-bond donors (Lipinski definition) is 3. The van der Waals surface area contributed by atoms with Crippen LogP contribution in [0.2, 0.25) is 0 Å². The van der Waals surface area contributed by atoms with Gasteiger partial charge in [0.1, 0.15) is 11.4 Å². The summed E-state index contributed by atoms with van der Waals surface area (Å²) in [6, 6.07) is 11.2. The highest BCUT2D eigenvalue weighted by molar-refractivity contribution is 7.13. The highest BCUT2D eigenvalue weighted by Crippen LogP contribution is 2.42. The van der Waals surface area contributed by atoms with Crippen molar-refractivity contribution in [1.29, 1.82) is 0 Å². The molecule has 5 rings (SSSR count). The summed E-state index contributed by atoms with van der Waals surface area (Å²) in [5.41, 5.74) is 3.41. The summed E-state index contributed by atoms with van der Waals surface area (Å²) in [5.74, 6) is 0.611. The van der Waals surface area contributed by atoms with Gasteiger partial charge in [-0.2, -0.15) is 0 Å². The molecule has 0 unspecified atom stereocenters. The Morgan fingerprint density at radius 2 is 1.97 bits per heavy atom. The summed E-state index contributed by atoms with van der Waals surface area (Å²) >= 11 is 1.53. The second-order valence-corrected chi connectivity index (χ2v) is 10.3. The Labute approximate surface area is 207 Å². The van der Waals surface area contributed by atoms with Gasteiger partial charge in [-0.25, -0.2) is 14.8 Å². The normalized spacial score (nSPS) is 13.9. The fourth-order valence-electron chi connectivity index (χ4n) is 4.05. The largest absolute Gasteiger partial charge is 0.478 e. The summed E-state index contributed by atoms with van der Waals surface area (Å²) in [6.07, 6.45) is 2.43. The topological polar surface area (TPSA) is 109 Å². The van der Waals surface area contributed by atoms with Crippen molar-refractivity contribution in [3.05, 3.63) is 59.2 Å². The number of ether oxygens (including phenoxy) is 2. The number of nitrogens with zero attached hydrogens (tertiary/aromatic N) is 2. The Morgan fingerprint density at radius 3 is 2.69 bits per heavy atom. The summed E-state index contributed by atoms with van der Waals surface area (Å²) in [6.45, 7) is 7.99. The van der Waals surface area contributed by atoms with Gasteiger partial charge in [-0.15, -0.1) is 11.3 Å². The molecule has 4 heterocycles. The first-order chi connectivity index (χ1) is 16.7. The lowest BCUT2D eigenvalue weighted by molar-refractivity contribution is -0.0431. The van der Waals surface area contributed by atoms with Gasteiger partial charge in [-0.1, -0.05) is 19.9 Å². The molecule has 1 aliphatic heterocycles. The number of aromatic nitrogens is 3. The Balaban J connectivity index is 1.50. The van der Waals surface area contributed by atoms with Crippen LogP contribution >= 0.6 is 11.3 Å². The molecule has 0 saturated heterocycles. The lowest BCUT2D eigenvalue weighted by Crippen LogP contribution is -2.29. The summed E-state index contributed by atoms with van der Waals surface area (Å²) in [5, 5.41) is 14.8. The number of carboxylic acids is 1. The quantitative estimate of drug-likeness (QED) is 0.277. The first kappa shape index (κ1) is 22.9. The molecule has 0 bridgehead atoms.